The first-order valence-corrected chi connectivity index (χ1v) is 11.0. The van der Waals surface area contributed by atoms with E-state index in [0.717, 1.165) is 38.4 Å². The van der Waals surface area contributed by atoms with Gasteiger partial charge in [0.05, 0.1) is 18.8 Å². The average molecular weight is 443 g/mol. The van der Waals surface area contributed by atoms with E-state index in [1.807, 2.05) is 12.1 Å². The van der Waals surface area contributed by atoms with Crippen LogP contribution in [0, 0.1) is 0 Å². The van der Waals surface area contributed by atoms with Gasteiger partial charge in [-0.2, -0.15) is 0 Å². The zero-order chi connectivity index (χ0) is 21.8. The van der Waals surface area contributed by atoms with Crippen LogP contribution in [0.1, 0.15) is 40.7 Å². The second-order valence-corrected chi connectivity index (χ2v) is 8.59. The summed E-state index contributed by atoms with van der Waals surface area (Å²) in [5.74, 6) is -0.816. The molecule has 0 spiro atoms. The minimum atomic E-state index is -1.25. The number of nitrogens with zero attached hydrogens (tertiary/aromatic N) is 1. The predicted octanol–water partition coefficient (Wildman–Crippen LogP) is 3.30. The van der Waals surface area contributed by atoms with E-state index in [4.69, 9.17) is 26.8 Å². The molecule has 2 aromatic rings. The SMILES string of the molecule is N[C@]1(c2ccccc2Cl)CCC[C@H](OC(=O)c2ccc(CN3CCOCC3)cc2)C1=O. The van der Waals surface area contributed by atoms with Crippen molar-refractivity contribution in [1.82, 2.24) is 4.90 Å². The van der Waals surface area contributed by atoms with E-state index in [1.54, 1.807) is 36.4 Å². The maximum Gasteiger partial charge on any atom is 0.338 e. The van der Waals surface area contributed by atoms with Crippen LogP contribution in [0.2, 0.25) is 5.02 Å². The van der Waals surface area contributed by atoms with Crippen molar-refractivity contribution in [3.8, 4) is 0 Å². The summed E-state index contributed by atoms with van der Waals surface area (Å²) in [6.45, 7) is 4.11. The van der Waals surface area contributed by atoms with Crippen molar-refractivity contribution in [2.24, 2.45) is 5.73 Å². The lowest BCUT2D eigenvalue weighted by Gasteiger charge is -2.36. The Bertz CT molecular complexity index is 943. The Balaban J connectivity index is 1.42. The molecule has 0 bridgehead atoms. The zero-order valence-electron chi connectivity index (χ0n) is 17.4. The number of esters is 1. The van der Waals surface area contributed by atoms with Crippen LogP contribution in [0.5, 0.6) is 0 Å². The summed E-state index contributed by atoms with van der Waals surface area (Å²) in [5, 5.41) is 0.446. The smallest absolute Gasteiger partial charge is 0.338 e. The van der Waals surface area contributed by atoms with Crippen molar-refractivity contribution in [2.75, 3.05) is 26.3 Å². The summed E-state index contributed by atoms with van der Waals surface area (Å²) >= 11 is 6.30. The van der Waals surface area contributed by atoms with Gasteiger partial charge in [-0.15, -0.1) is 0 Å². The number of hydrogen-bond acceptors (Lipinski definition) is 6. The minimum Gasteiger partial charge on any atom is -0.451 e. The summed E-state index contributed by atoms with van der Waals surface area (Å²) in [5.41, 5.74) is 7.37. The standard InChI is InChI=1S/C24H27ClN2O4/c25-20-5-2-1-4-19(20)24(26)11-3-6-21(22(24)28)31-23(29)18-9-7-17(8-10-18)16-27-12-14-30-15-13-27/h1-2,4-5,7-10,21H,3,6,11-16,26H2/t21-,24-/m0/s1. The van der Waals surface area contributed by atoms with E-state index >= 15 is 0 Å². The molecular weight excluding hydrogens is 416 g/mol. The average Bonchev–Trinajstić information content (AvgIpc) is 2.78. The molecule has 0 radical (unpaired) electrons. The monoisotopic (exact) mass is 442 g/mol. The molecule has 1 saturated carbocycles. The molecule has 1 aliphatic carbocycles. The van der Waals surface area contributed by atoms with Gasteiger partial charge >= 0.3 is 5.97 Å². The molecule has 7 heteroatoms. The second-order valence-electron chi connectivity index (χ2n) is 8.19. The van der Waals surface area contributed by atoms with Gasteiger partial charge in [0.1, 0.15) is 5.54 Å². The molecule has 164 valence electrons. The topological polar surface area (TPSA) is 81.9 Å². The molecule has 0 amide bonds. The number of carbonyl (C=O) groups is 2. The molecule has 6 nitrogen and oxygen atoms in total. The fourth-order valence-electron chi connectivity index (χ4n) is 4.27. The number of halogens is 1. The largest absolute Gasteiger partial charge is 0.451 e. The van der Waals surface area contributed by atoms with Gasteiger partial charge in [0.15, 0.2) is 11.9 Å². The summed E-state index contributed by atoms with van der Waals surface area (Å²) in [6.07, 6.45) is 0.725. The van der Waals surface area contributed by atoms with Crippen molar-refractivity contribution in [3.63, 3.8) is 0 Å². The zero-order valence-corrected chi connectivity index (χ0v) is 18.1. The van der Waals surface area contributed by atoms with Gasteiger partial charge in [-0.25, -0.2) is 4.79 Å². The molecule has 1 aliphatic heterocycles. The van der Waals surface area contributed by atoms with Gasteiger partial charge in [-0.1, -0.05) is 41.9 Å². The van der Waals surface area contributed by atoms with Gasteiger partial charge in [0, 0.05) is 24.7 Å². The second kappa shape index (κ2) is 9.49. The normalized spacial score (nSPS) is 24.7. The van der Waals surface area contributed by atoms with Crippen LogP contribution < -0.4 is 5.73 Å². The molecule has 0 aromatic heterocycles. The van der Waals surface area contributed by atoms with Gasteiger partial charge < -0.3 is 15.2 Å². The van der Waals surface area contributed by atoms with Crippen LogP contribution >= 0.6 is 11.6 Å². The molecule has 2 aromatic carbocycles. The highest BCUT2D eigenvalue weighted by molar-refractivity contribution is 6.31. The maximum absolute atomic E-state index is 13.2. The Labute approximate surface area is 187 Å². The lowest BCUT2D eigenvalue weighted by molar-refractivity contribution is -0.136. The molecule has 4 rings (SSSR count). The Morgan fingerprint density at radius 3 is 2.58 bits per heavy atom. The van der Waals surface area contributed by atoms with Crippen LogP contribution in [0.3, 0.4) is 0 Å². The summed E-state index contributed by atoms with van der Waals surface area (Å²) < 4.78 is 11.0. The molecule has 31 heavy (non-hydrogen) atoms. The first kappa shape index (κ1) is 22.0. The van der Waals surface area contributed by atoms with Crippen molar-refractivity contribution < 1.29 is 19.1 Å². The van der Waals surface area contributed by atoms with Crippen molar-refractivity contribution in [2.45, 2.75) is 37.5 Å². The van der Waals surface area contributed by atoms with Gasteiger partial charge in [0.25, 0.3) is 0 Å². The number of rotatable bonds is 5. The Hall–Kier alpha value is -2.25. The summed E-state index contributed by atoms with van der Waals surface area (Å²) in [6, 6.07) is 14.4. The molecule has 0 unspecified atom stereocenters. The highest BCUT2D eigenvalue weighted by Gasteiger charge is 2.45. The third-order valence-electron chi connectivity index (χ3n) is 6.07. The highest BCUT2D eigenvalue weighted by Crippen LogP contribution is 2.37. The number of Topliss-reactive ketones (excluding diaryl/α,β-unsaturated/α-hetero) is 1. The Kier molecular flexibility index (Phi) is 6.72. The van der Waals surface area contributed by atoms with Crippen LogP contribution in [-0.4, -0.2) is 49.1 Å². The van der Waals surface area contributed by atoms with Gasteiger partial charge in [-0.05, 0) is 48.6 Å². The molecule has 2 aliphatic rings. The fraction of sp³-hybridized carbons (Fsp3) is 0.417. The highest BCUT2D eigenvalue weighted by atomic mass is 35.5. The van der Waals surface area contributed by atoms with E-state index in [9.17, 15) is 9.59 Å². The Morgan fingerprint density at radius 2 is 1.87 bits per heavy atom. The third-order valence-corrected chi connectivity index (χ3v) is 6.40. The van der Waals surface area contributed by atoms with E-state index in [-0.39, 0.29) is 5.78 Å². The molecular formula is C24H27ClN2O4. The molecule has 2 fully saturated rings. The summed E-state index contributed by atoms with van der Waals surface area (Å²) in [7, 11) is 0. The maximum atomic E-state index is 13.2. The number of ketones is 1. The van der Waals surface area contributed by atoms with Crippen LogP contribution in [0.15, 0.2) is 48.5 Å². The van der Waals surface area contributed by atoms with E-state index in [2.05, 4.69) is 4.90 Å². The quantitative estimate of drug-likeness (QED) is 0.715. The van der Waals surface area contributed by atoms with Gasteiger partial charge in [0.2, 0.25) is 0 Å². The van der Waals surface area contributed by atoms with Crippen LogP contribution in [0.25, 0.3) is 0 Å². The van der Waals surface area contributed by atoms with Crippen LogP contribution in [-0.2, 0) is 26.4 Å². The van der Waals surface area contributed by atoms with Crippen molar-refractivity contribution >= 4 is 23.4 Å². The number of ether oxygens (including phenoxy) is 2. The molecule has 1 saturated heterocycles. The third kappa shape index (κ3) is 4.83. The number of nitrogens with two attached hydrogens (primary N) is 1. The molecule has 2 N–H and O–H groups in total. The number of carbonyl (C=O) groups excluding carboxylic acids is 2. The van der Waals surface area contributed by atoms with E-state index in [1.165, 1.54) is 0 Å². The number of benzene rings is 2. The predicted molar refractivity (Wildman–Crippen MR) is 118 cm³/mol. The van der Waals surface area contributed by atoms with E-state index < -0.39 is 17.6 Å². The fourth-order valence-corrected chi connectivity index (χ4v) is 4.58. The number of hydrogen-bond donors (Lipinski definition) is 1. The summed E-state index contributed by atoms with van der Waals surface area (Å²) in [4.78, 5) is 28.2. The minimum absolute atomic E-state index is 0.302. The lowest BCUT2D eigenvalue weighted by atomic mass is 9.75. The van der Waals surface area contributed by atoms with Crippen molar-refractivity contribution in [1.29, 1.82) is 0 Å². The first-order valence-electron chi connectivity index (χ1n) is 10.7. The van der Waals surface area contributed by atoms with E-state index in [0.29, 0.717) is 35.4 Å². The van der Waals surface area contributed by atoms with Crippen LogP contribution in [0.4, 0.5) is 0 Å². The van der Waals surface area contributed by atoms with Crippen molar-refractivity contribution in [3.05, 3.63) is 70.2 Å². The molecule has 1 heterocycles. The van der Waals surface area contributed by atoms with Gasteiger partial charge in [-0.3, -0.25) is 9.69 Å². The number of morpholine rings is 1. The Morgan fingerprint density at radius 1 is 1.16 bits per heavy atom. The molecule has 2 atom stereocenters. The lowest BCUT2D eigenvalue weighted by Crippen LogP contribution is -2.53. The first-order chi connectivity index (χ1) is 15.0.